The maximum absolute atomic E-state index is 12.4. The first-order chi connectivity index (χ1) is 8.84. The maximum atomic E-state index is 12.4. The number of hydrogen-bond acceptors (Lipinski definition) is 3. The van der Waals surface area contributed by atoms with E-state index >= 15 is 0 Å². The number of nitrogens with two attached hydrogens (primary N) is 1. The highest BCUT2D eigenvalue weighted by molar-refractivity contribution is 7.86. The summed E-state index contributed by atoms with van der Waals surface area (Å²) in [6, 6.07) is 5.38. The second-order valence-corrected chi connectivity index (χ2v) is 6.81. The molecule has 0 aliphatic rings. The van der Waals surface area contributed by atoms with Crippen LogP contribution >= 0.6 is 0 Å². The van der Waals surface area contributed by atoms with Crippen LogP contribution in [-0.4, -0.2) is 21.9 Å². The first-order valence-corrected chi connectivity index (χ1v) is 7.59. The van der Waals surface area contributed by atoms with E-state index < -0.39 is 16.0 Å². The van der Waals surface area contributed by atoms with Gasteiger partial charge in [0.25, 0.3) is 0 Å². The summed E-state index contributed by atoms with van der Waals surface area (Å²) in [7, 11) is -1.43. The average Bonchev–Trinajstić information content (AvgIpc) is 2.37. The lowest BCUT2D eigenvalue weighted by atomic mass is 10.2. The zero-order valence-electron chi connectivity index (χ0n) is 11.9. The van der Waals surface area contributed by atoms with Crippen LogP contribution in [0, 0.1) is 12.8 Å². The fourth-order valence-electron chi connectivity index (χ4n) is 1.57. The molecule has 2 atom stereocenters. The molecule has 0 spiro atoms. The van der Waals surface area contributed by atoms with Crippen LogP contribution < -0.4 is 11.1 Å². The van der Waals surface area contributed by atoms with Gasteiger partial charge in [0.15, 0.2) is 0 Å². The molecule has 1 rings (SSSR count). The lowest BCUT2D eigenvalue weighted by Gasteiger charge is -2.15. The molecule has 0 radical (unpaired) electrons. The molecular formula is C14H22N2O2S. The fraction of sp³-hybridized carbons (Fsp3) is 0.500. The van der Waals surface area contributed by atoms with E-state index in [2.05, 4.69) is 5.32 Å². The van der Waals surface area contributed by atoms with Gasteiger partial charge in [0.2, 0.25) is 5.91 Å². The van der Waals surface area contributed by atoms with Crippen molar-refractivity contribution >= 4 is 22.4 Å². The third kappa shape index (κ3) is 4.06. The van der Waals surface area contributed by atoms with Crippen molar-refractivity contribution in [2.75, 3.05) is 12.3 Å². The van der Waals surface area contributed by atoms with Crippen molar-refractivity contribution in [3.8, 4) is 0 Å². The van der Waals surface area contributed by atoms with Crippen LogP contribution in [0.4, 0.5) is 5.69 Å². The zero-order chi connectivity index (χ0) is 14.6. The minimum absolute atomic E-state index is 0.201. The minimum Gasteiger partial charge on any atom is -0.398 e. The predicted molar refractivity (Wildman–Crippen MR) is 79.3 cm³/mol. The van der Waals surface area contributed by atoms with Crippen molar-refractivity contribution in [1.82, 2.24) is 5.32 Å². The standard InChI is InChI=1S/C14H22N2O2S/c1-9(2)8-16-14(17)11(4)19(18)12-7-5-6-10(3)13(12)15/h5-7,9,11H,8,15H2,1-4H3,(H,16,17). The largest absolute Gasteiger partial charge is 0.398 e. The number of carbonyl (C=O) groups is 1. The van der Waals surface area contributed by atoms with Gasteiger partial charge in [-0.2, -0.15) is 0 Å². The Hall–Kier alpha value is -1.36. The topological polar surface area (TPSA) is 72.2 Å². The van der Waals surface area contributed by atoms with Gasteiger partial charge in [-0.1, -0.05) is 26.0 Å². The summed E-state index contributed by atoms with van der Waals surface area (Å²) in [5.74, 6) is 0.168. The normalized spacial score (nSPS) is 14.2. The van der Waals surface area contributed by atoms with Gasteiger partial charge in [0.1, 0.15) is 5.25 Å². The van der Waals surface area contributed by atoms with E-state index in [4.69, 9.17) is 5.73 Å². The van der Waals surface area contributed by atoms with E-state index in [0.29, 0.717) is 23.0 Å². The molecule has 1 amide bonds. The van der Waals surface area contributed by atoms with Crippen LogP contribution in [0.2, 0.25) is 0 Å². The number of anilines is 1. The van der Waals surface area contributed by atoms with Crippen LogP contribution in [0.5, 0.6) is 0 Å². The highest BCUT2D eigenvalue weighted by Gasteiger charge is 2.23. The third-order valence-corrected chi connectivity index (χ3v) is 4.52. The van der Waals surface area contributed by atoms with Gasteiger partial charge in [-0.15, -0.1) is 0 Å². The predicted octanol–water partition coefficient (Wildman–Crippen LogP) is 1.85. The molecule has 0 aromatic heterocycles. The molecule has 1 aromatic rings. The summed E-state index contributed by atoms with van der Waals surface area (Å²) in [5.41, 5.74) is 7.30. The number of nitrogen functional groups attached to an aromatic ring is 1. The molecule has 0 aliphatic heterocycles. The van der Waals surface area contributed by atoms with Gasteiger partial charge < -0.3 is 11.1 Å². The highest BCUT2D eigenvalue weighted by Crippen LogP contribution is 2.22. The van der Waals surface area contributed by atoms with Crippen LogP contribution in [0.1, 0.15) is 26.3 Å². The Kier molecular flexibility index (Phi) is 5.54. The second-order valence-electron chi connectivity index (χ2n) is 5.07. The van der Waals surface area contributed by atoms with Crippen molar-refractivity contribution in [3.63, 3.8) is 0 Å². The number of para-hydroxylation sites is 1. The number of rotatable bonds is 5. The molecule has 4 nitrogen and oxygen atoms in total. The summed E-state index contributed by atoms with van der Waals surface area (Å²) >= 11 is 0. The Bertz CT molecular complexity index is 486. The first kappa shape index (κ1) is 15.7. The van der Waals surface area contributed by atoms with Gasteiger partial charge in [-0.05, 0) is 31.4 Å². The summed E-state index contributed by atoms with van der Waals surface area (Å²) in [6.45, 7) is 8.14. The fourth-order valence-corrected chi connectivity index (χ4v) is 2.81. The SMILES string of the molecule is Cc1cccc(S(=O)C(C)C(=O)NCC(C)C)c1N. The van der Waals surface area contributed by atoms with Crippen molar-refractivity contribution in [3.05, 3.63) is 23.8 Å². The molecule has 0 bridgehead atoms. The van der Waals surface area contributed by atoms with E-state index in [1.807, 2.05) is 26.8 Å². The van der Waals surface area contributed by atoms with Crippen molar-refractivity contribution in [2.24, 2.45) is 5.92 Å². The summed E-state index contributed by atoms with van der Waals surface area (Å²) in [6.07, 6.45) is 0. The van der Waals surface area contributed by atoms with Gasteiger partial charge in [-0.25, -0.2) is 0 Å². The monoisotopic (exact) mass is 282 g/mol. The van der Waals surface area contributed by atoms with Crippen LogP contribution in [0.25, 0.3) is 0 Å². The number of aryl methyl sites for hydroxylation is 1. The molecule has 5 heteroatoms. The van der Waals surface area contributed by atoms with Gasteiger partial charge in [0, 0.05) is 6.54 Å². The Morgan fingerprint density at radius 3 is 2.58 bits per heavy atom. The van der Waals surface area contributed by atoms with Crippen molar-refractivity contribution in [1.29, 1.82) is 0 Å². The number of hydrogen-bond donors (Lipinski definition) is 2. The Morgan fingerprint density at radius 2 is 2.00 bits per heavy atom. The molecule has 19 heavy (non-hydrogen) atoms. The summed E-state index contributed by atoms with van der Waals surface area (Å²) in [5, 5.41) is 2.19. The van der Waals surface area contributed by atoms with E-state index in [1.54, 1.807) is 19.1 Å². The molecule has 0 saturated carbocycles. The Morgan fingerprint density at radius 1 is 1.37 bits per heavy atom. The number of carbonyl (C=O) groups excluding carboxylic acids is 1. The van der Waals surface area contributed by atoms with E-state index in [0.717, 1.165) is 5.56 Å². The first-order valence-electron chi connectivity index (χ1n) is 6.38. The second kappa shape index (κ2) is 6.70. The minimum atomic E-state index is -1.43. The molecular weight excluding hydrogens is 260 g/mol. The molecule has 2 unspecified atom stereocenters. The van der Waals surface area contributed by atoms with Crippen LogP contribution in [0.15, 0.2) is 23.1 Å². The van der Waals surface area contributed by atoms with E-state index in [-0.39, 0.29) is 5.91 Å². The molecule has 0 aliphatic carbocycles. The molecule has 3 N–H and O–H groups in total. The van der Waals surface area contributed by atoms with Crippen molar-refractivity contribution in [2.45, 2.75) is 37.8 Å². The van der Waals surface area contributed by atoms with Crippen LogP contribution in [0.3, 0.4) is 0 Å². The molecule has 0 saturated heterocycles. The highest BCUT2D eigenvalue weighted by atomic mass is 32.2. The average molecular weight is 282 g/mol. The summed E-state index contributed by atoms with van der Waals surface area (Å²) < 4.78 is 12.4. The van der Waals surface area contributed by atoms with Crippen LogP contribution in [-0.2, 0) is 15.6 Å². The van der Waals surface area contributed by atoms with E-state index in [9.17, 15) is 9.00 Å². The number of benzene rings is 1. The third-order valence-electron chi connectivity index (χ3n) is 2.88. The summed E-state index contributed by atoms with van der Waals surface area (Å²) in [4.78, 5) is 12.4. The maximum Gasteiger partial charge on any atom is 0.235 e. The lowest BCUT2D eigenvalue weighted by molar-refractivity contribution is -0.120. The van der Waals surface area contributed by atoms with E-state index in [1.165, 1.54) is 0 Å². The van der Waals surface area contributed by atoms with Gasteiger partial charge in [0.05, 0.1) is 21.4 Å². The lowest BCUT2D eigenvalue weighted by Crippen LogP contribution is -2.37. The number of nitrogens with one attached hydrogen (secondary N) is 1. The number of amides is 1. The molecule has 1 aromatic carbocycles. The Labute approximate surface area is 117 Å². The van der Waals surface area contributed by atoms with Gasteiger partial charge >= 0.3 is 0 Å². The molecule has 106 valence electrons. The quantitative estimate of drug-likeness (QED) is 0.810. The smallest absolute Gasteiger partial charge is 0.235 e. The Balaban J connectivity index is 2.82. The van der Waals surface area contributed by atoms with Crippen molar-refractivity contribution < 1.29 is 9.00 Å². The zero-order valence-corrected chi connectivity index (χ0v) is 12.7. The van der Waals surface area contributed by atoms with Gasteiger partial charge in [-0.3, -0.25) is 9.00 Å². The molecule has 0 fully saturated rings. The molecule has 0 heterocycles.